The molecular formula is C16H22N2O. The first-order valence-corrected chi connectivity index (χ1v) is 7.03. The van der Waals surface area contributed by atoms with E-state index in [0.29, 0.717) is 18.0 Å². The van der Waals surface area contributed by atoms with E-state index in [4.69, 9.17) is 5.26 Å². The van der Waals surface area contributed by atoms with Gasteiger partial charge in [0.1, 0.15) is 0 Å². The molecule has 2 N–H and O–H groups in total. The van der Waals surface area contributed by atoms with Crippen LogP contribution < -0.4 is 5.32 Å². The molecule has 2 unspecified atom stereocenters. The minimum absolute atomic E-state index is 0.537. The first kappa shape index (κ1) is 14.0. The maximum Gasteiger partial charge on any atom is 0.0991 e. The van der Waals surface area contributed by atoms with Crippen molar-refractivity contribution in [3.63, 3.8) is 0 Å². The molecule has 1 aromatic carbocycles. The number of benzene rings is 1. The summed E-state index contributed by atoms with van der Waals surface area (Å²) in [5.74, 6) is 0.621. The van der Waals surface area contributed by atoms with E-state index in [0.717, 1.165) is 31.4 Å². The zero-order valence-corrected chi connectivity index (χ0v) is 11.5. The number of nitrogens with one attached hydrogen (secondary N) is 1. The molecule has 3 heteroatoms. The summed E-state index contributed by atoms with van der Waals surface area (Å²) in [5, 5.41) is 22.6. The van der Waals surface area contributed by atoms with Crippen molar-refractivity contribution in [2.45, 2.75) is 44.8 Å². The van der Waals surface area contributed by atoms with Gasteiger partial charge in [0.05, 0.1) is 17.2 Å². The molecule has 3 nitrogen and oxygen atoms in total. The van der Waals surface area contributed by atoms with Crippen molar-refractivity contribution in [2.75, 3.05) is 6.54 Å². The number of rotatable bonds is 4. The third kappa shape index (κ3) is 4.05. The molecule has 2 rings (SSSR count). The lowest BCUT2D eigenvalue weighted by atomic mass is 9.79. The second kappa shape index (κ2) is 6.18. The SMILES string of the molecule is CC1CCCC(O)(CNCc2ccc(C#N)cc2)C1. The molecule has 1 aliphatic carbocycles. The van der Waals surface area contributed by atoms with E-state index < -0.39 is 5.60 Å². The molecule has 1 fully saturated rings. The van der Waals surface area contributed by atoms with Gasteiger partial charge in [-0.05, 0) is 36.5 Å². The Morgan fingerprint density at radius 3 is 2.79 bits per heavy atom. The van der Waals surface area contributed by atoms with Gasteiger partial charge in [-0.3, -0.25) is 0 Å². The zero-order chi connectivity index (χ0) is 13.7. The summed E-state index contributed by atoms with van der Waals surface area (Å²) in [5.41, 5.74) is 1.29. The minimum atomic E-state index is -0.537. The first-order chi connectivity index (χ1) is 9.11. The Hall–Kier alpha value is -1.37. The summed E-state index contributed by atoms with van der Waals surface area (Å²) in [4.78, 5) is 0. The van der Waals surface area contributed by atoms with Crippen LogP contribution in [0.2, 0.25) is 0 Å². The molecule has 102 valence electrons. The maximum absolute atomic E-state index is 10.5. The molecule has 0 saturated heterocycles. The largest absolute Gasteiger partial charge is 0.389 e. The smallest absolute Gasteiger partial charge is 0.0991 e. The van der Waals surface area contributed by atoms with Crippen molar-refractivity contribution < 1.29 is 5.11 Å². The summed E-state index contributed by atoms with van der Waals surface area (Å²) in [6, 6.07) is 9.68. The maximum atomic E-state index is 10.5. The first-order valence-electron chi connectivity index (χ1n) is 7.03. The normalized spacial score (nSPS) is 26.9. The van der Waals surface area contributed by atoms with Crippen LogP contribution in [0.3, 0.4) is 0 Å². The fraction of sp³-hybridized carbons (Fsp3) is 0.562. The molecule has 0 radical (unpaired) electrons. The van der Waals surface area contributed by atoms with Gasteiger partial charge in [-0.25, -0.2) is 0 Å². The molecule has 1 aliphatic rings. The molecule has 0 bridgehead atoms. The van der Waals surface area contributed by atoms with Crippen LogP contribution in [0, 0.1) is 17.2 Å². The van der Waals surface area contributed by atoms with Gasteiger partial charge in [-0.1, -0.05) is 31.9 Å². The Kier molecular flexibility index (Phi) is 4.57. The average molecular weight is 258 g/mol. The third-order valence-corrected chi connectivity index (χ3v) is 3.93. The van der Waals surface area contributed by atoms with Gasteiger partial charge in [0.2, 0.25) is 0 Å². The Bertz CT molecular complexity index is 449. The molecule has 0 aromatic heterocycles. The zero-order valence-electron chi connectivity index (χ0n) is 11.5. The van der Waals surface area contributed by atoms with Crippen molar-refractivity contribution in [1.29, 1.82) is 5.26 Å². The summed E-state index contributed by atoms with van der Waals surface area (Å²) >= 11 is 0. The Morgan fingerprint density at radius 2 is 2.16 bits per heavy atom. The van der Waals surface area contributed by atoms with Crippen molar-refractivity contribution >= 4 is 0 Å². The van der Waals surface area contributed by atoms with Crippen molar-refractivity contribution in [1.82, 2.24) is 5.32 Å². The van der Waals surface area contributed by atoms with Crippen LogP contribution in [0.5, 0.6) is 0 Å². The van der Waals surface area contributed by atoms with Gasteiger partial charge < -0.3 is 10.4 Å². The summed E-state index contributed by atoms with van der Waals surface area (Å²) in [6.45, 7) is 3.60. The van der Waals surface area contributed by atoms with Crippen LogP contribution in [0.15, 0.2) is 24.3 Å². The second-order valence-corrected chi connectivity index (χ2v) is 5.84. The predicted molar refractivity (Wildman–Crippen MR) is 75.4 cm³/mol. The van der Waals surface area contributed by atoms with E-state index in [-0.39, 0.29) is 0 Å². The van der Waals surface area contributed by atoms with Crippen LogP contribution >= 0.6 is 0 Å². The van der Waals surface area contributed by atoms with Crippen LogP contribution in [0.25, 0.3) is 0 Å². The quantitative estimate of drug-likeness (QED) is 0.872. The molecule has 1 aromatic rings. The Morgan fingerprint density at radius 1 is 1.42 bits per heavy atom. The second-order valence-electron chi connectivity index (χ2n) is 5.84. The fourth-order valence-electron chi connectivity index (χ4n) is 2.93. The topological polar surface area (TPSA) is 56.0 Å². The van der Waals surface area contributed by atoms with Gasteiger partial charge >= 0.3 is 0 Å². The number of nitriles is 1. The molecule has 0 heterocycles. The highest BCUT2D eigenvalue weighted by Crippen LogP contribution is 2.31. The van der Waals surface area contributed by atoms with Gasteiger partial charge in [0.15, 0.2) is 0 Å². The van der Waals surface area contributed by atoms with E-state index in [9.17, 15) is 5.11 Å². The van der Waals surface area contributed by atoms with E-state index in [1.165, 1.54) is 6.42 Å². The Balaban J connectivity index is 1.81. The van der Waals surface area contributed by atoms with Crippen LogP contribution in [0.4, 0.5) is 0 Å². The molecular weight excluding hydrogens is 236 g/mol. The van der Waals surface area contributed by atoms with Gasteiger partial charge in [0, 0.05) is 13.1 Å². The lowest BCUT2D eigenvalue weighted by Gasteiger charge is -2.35. The third-order valence-electron chi connectivity index (χ3n) is 3.93. The van der Waals surface area contributed by atoms with Crippen LogP contribution in [-0.4, -0.2) is 17.3 Å². The standard InChI is InChI=1S/C16H22N2O/c1-13-3-2-8-16(19,9-13)12-18-11-15-6-4-14(10-17)5-7-15/h4-7,13,18-19H,2-3,8-9,11-12H2,1H3. The highest BCUT2D eigenvalue weighted by Gasteiger charge is 2.31. The van der Waals surface area contributed by atoms with E-state index in [2.05, 4.69) is 18.3 Å². The predicted octanol–water partition coefficient (Wildman–Crippen LogP) is 2.59. The summed E-state index contributed by atoms with van der Waals surface area (Å²) < 4.78 is 0. The lowest BCUT2D eigenvalue weighted by Crippen LogP contribution is -2.43. The van der Waals surface area contributed by atoms with Crippen molar-refractivity contribution in [2.24, 2.45) is 5.92 Å². The number of nitrogens with zero attached hydrogens (tertiary/aromatic N) is 1. The number of hydrogen-bond donors (Lipinski definition) is 2. The number of aliphatic hydroxyl groups is 1. The lowest BCUT2D eigenvalue weighted by molar-refractivity contribution is -0.0119. The highest BCUT2D eigenvalue weighted by atomic mass is 16.3. The van der Waals surface area contributed by atoms with Crippen LogP contribution in [-0.2, 0) is 6.54 Å². The molecule has 0 aliphatic heterocycles. The minimum Gasteiger partial charge on any atom is -0.389 e. The molecule has 0 spiro atoms. The fourth-order valence-corrected chi connectivity index (χ4v) is 2.93. The average Bonchev–Trinajstić information content (AvgIpc) is 2.39. The summed E-state index contributed by atoms with van der Waals surface area (Å²) in [6.07, 6.45) is 4.15. The molecule has 2 atom stereocenters. The molecule has 19 heavy (non-hydrogen) atoms. The number of hydrogen-bond acceptors (Lipinski definition) is 3. The van der Waals surface area contributed by atoms with Crippen molar-refractivity contribution in [3.8, 4) is 6.07 Å². The Labute approximate surface area is 115 Å². The van der Waals surface area contributed by atoms with E-state index in [1.807, 2.05) is 24.3 Å². The van der Waals surface area contributed by atoms with E-state index in [1.54, 1.807) is 0 Å². The van der Waals surface area contributed by atoms with Gasteiger partial charge in [-0.2, -0.15) is 5.26 Å². The molecule has 0 amide bonds. The van der Waals surface area contributed by atoms with Gasteiger partial charge in [-0.15, -0.1) is 0 Å². The molecule has 1 saturated carbocycles. The highest BCUT2D eigenvalue weighted by molar-refractivity contribution is 5.31. The van der Waals surface area contributed by atoms with Crippen LogP contribution in [0.1, 0.15) is 43.7 Å². The van der Waals surface area contributed by atoms with E-state index >= 15 is 0 Å². The summed E-state index contributed by atoms with van der Waals surface area (Å²) in [7, 11) is 0. The van der Waals surface area contributed by atoms with Crippen molar-refractivity contribution in [3.05, 3.63) is 35.4 Å². The monoisotopic (exact) mass is 258 g/mol. The van der Waals surface area contributed by atoms with Gasteiger partial charge in [0.25, 0.3) is 0 Å².